The van der Waals surface area contributed by atoms with Gasteiger partial charge in [-0.1, -0.05) is 90.8 Å². The largest absolute Gasteiger partial charge is 0.491 e. The van der Waals surface area contributed by atoms with E-state index in [1.165, 1.54) is 0 Å². The van der Waals surface area contributed by atoms with E-state index in [1.807, 2.05) is 39.0 Å². The SMILES string of the molecule is CN[C@@H](C)C(=O)N[C@H](C(=O)C1CCC[C@H]1C(=O)N[C@H]1c2ccccc2C[C@H]1OCCOCCOCCOc1ccc(C(=O)NC2C(C)(C)C(Oc3ccc(C#N)c(Cl)c3)C2(C)C)cc1)C(C)(C)C. The number of amides is 3. The summed E-state index contributed by atoms with van der Waals surface area (Å²) in [6.45, 7) is 17.9. The lowest BCUT2D eigenvalue weighted by Gasteiger charge is -2.63. The van der Waals surface area contributed by atoms with Crippen molar-refractivity contribution in [1.29, 1.82) is 5.26 Å². The number of Topliss-reactive ketones (excluding diaryl/α,β-unsaturated/α-hetero) is 1. The van der Waals surface area contributed by atoms with E-state index in [0.29, 0.717) is 86.6 Å². The molecule has 68 heavy (non-hydrogen) atoms. The molecule has 0 heterocycles. The molecule has 6 rings (SSSR count). The van der Waals surface area contributed by atoms with Crippen molar-refractivity contribution < 1.29 is 42.9 Å². The predicted molar refractivity (Wildman–Crippen MR) is 259 cm³/mol. The number of fused-ring (bicyclic) bond motifs is 1. The fraction of sp³-hybridized carbons (Fsp3) is 0.566. The van der Waals surface area contributed by atoms with Gasteiger partial charge in [0.2, 0.25) is 11.8 Å². The fourth-order valence-electron chi connectivity index (χ4n) is 10.4. The zero-order valence-electron chi connectivity index (χ0n) is 41.0. The van der Waals surface area contributed by atoms with Gasteiger partial charge >= 0.3 is 0 Å². The molecule has 0 radical (unpaired) electrons. The van der Waals surface area contributed by atoms with Gasteiger partial charge < -0.3 is 45.0 Å². The maximum Gasteiger partial charge on any atom is 0.251 e. The van der Waals surface area contributed by atoms with Crippen molar-refractivity contribution in [2.75, 3.05) is 46.7 Å². The average Bonchev–Trinajstić information content (AvgIpc) is 3.94. The molecule has 3 aromatic carbocycles. The molecule has 0 bridgehead atoms. The van der Waals surface area contributed by atoms with E-state index in [1.54, 1.807) is 56.4 Å². The molecule has 0 saturated heterocycles. The number of benzene rings is 3. The van der Waals surface area contributed by atoms with E-state index < -0.39 is 29.3 Å². The van der Waals surface area contributed by atoms with Gasteiger partial charge in [0.05, 0.1) is 67.8 Å². The summed E-state index contributed by atoms with van der Waals surface area (Å²) >= 11 is 6.24. The Balaban J connectivity index is 0.885. The van der Waals surface area contributed by atoms with Gasteiger partial charge in [-0.05, 0) is 79.8 Å². The monoisotopic (exact) mass is 955 g/mol. The Morgan fingerprint density at radius 3 is 2.12 bits per heavy atom. The molecule has 2 saturated carbocycles. The van der Waals surface area contributed by atoms with Crippen molar-refractivity contribution >= 4 is 35.1 Å². The highest BCUT2D eigenvalue weighted by Crippen LogP contribution is 2.55. The zero-order chi connectivity index (χ0) is 49.4. The third kappa shape index (κ3) is 12.2. The number of ketones is 1. The summed E-state index contributed by atoms with van der Waals surface area (Å²) < 4.78 is 30.1. The van der Waals surface area contributed by atoms with Gasteiger partial charge in [0.1, 0.15) is 30.3 Å². The maximum absolute atomic E-state index is 14.1. The average molecular weight is 957 g/mol. The van der Waals surface area contributed by atoms with Crippen LogP contribution in [0.25, 0.3) is 0 Å². The van der Waals surface area contributed by atoms with Crippen LogP contribution in [-0.2, 0) is 35.0 Å². The van der Waals surface area contributed by atoms with E-state index in [2.05, 4.69) is 61.1 Å². The number of carbonyl (C=O) groups excluding carboxylic acids is 4. The number of nitrogens with one attached hydrogen (secondary N) is 4. The number of rotatable bonds is 22. The summed E-state index contributed by atoms with van der Waals surface area (Å²) in [4.78, 5) is 54.3. The third-order valence-corrected chi connectivity index (χ3v) is 14.2. The molecule has 2 fully saturated rings. The van der Waals surface area contributed by atoms with Gasteiger partial charge in [0.25, 0.3) is 5.91 Å². The number of nitriles is 1. The first kappa shape index (κ1) is 52.3. The first-order valence-electron chi connectivity index (χ1n) is 23.8. The quantitative estimate of drug-likeness (QED) is 0.0750. The summed E-state index contributed by atoms with van der Waals surface area (Å²) in [5.41, 5.74) is 1.73. The highest BCUT2D eigenvalue weighted by molar-refractivity contribution is 6.31. The molecular weight excluding hydrogens is 886 g/mol. The van der Waals surface area contributed by atoms with Crippen LogP contribution in [0.3, 0.4) is 0 Å². The lowest BCUT2D eigenvalue weighted by Crippen LogP contribution is -2.74. The summed E-state index contributed by atoms with van der Waals surface area (Å²) in [7, 11) is 1.70. The van der Waals surface area contributed by atoms with E-state index in [4.69, 9.17) is 35.3 Å². The second-order valence-electron chi connectivity index (χ2n) is 20.6. The van der Waals surface area contributed by atoms with E-state index in [0.717, 1.165) is 17.5 Å². The number of carbonyl (C=O) groups is 4. The minimum absolute atomic E-state index is 0.0944. The molecular formula is C53H70ClN5O9. The molecule has 3 aliphatic rings. The number of likely N-dealkylation sites (N-methyl/N-ethyl adjacent to an activating group) is 1. The van der Waals surface area contributed by atoms with Crippen LogP contribution in [0, 0.1) is 39.4 Å². The second-order valence-corrected chi connectivity index (χ2v) is 21.0. The molecule has 6 atom stereocenters. The Bertz CT molecular complexity index is 2270. The number of ether oxygens (including phenoxy) is 5. The van der Waals surface area contributed by atoms with Crippen LogP contribution < -0.4 is 30.7 Å². The minimum Gasteiger partial charge on any atom is -0.491 e. The van der Waals surface area contributed by atoms with Crippen LogP contribution in [0.4, 0.5) is 0 Å². The van der Waals surface area contributed by atoms with Crippen molar-refractivity contribution in [3.63, 3.8) is 0 Å². The van der Waals surface area contributed by atoms with Crippen molar-refractivity contribution in [3.05, 3.63) is 94.0 Å². The van der Waals surface area contributed by atoms with Crippen molar-refractivity contribution in [1.82, 2.24) is 21.3 Å². The minimum atomic E-state index is -0.723. The summed E-state index contributed by atoms with van der Waals surface area (Å²) in [5, 5.41) is 21.9. The number of halogens is 1. The van der Waals surface area contributed by atoms with Gasteiger partial charge in [0.15, 0.2) is 5.78 Å². The Kier molecular flexibility index (Phi) is 17.4. The van der Waals surface area contributed by atoms with Gasteiger partial charge in [0, 0.05) is 46.8 Å². The Hall–Kier alpha value is -5.04. The molecule has 0 aromatic heterocycles. The van der Waals surface area contributed by atoms with Gasteiger partial charge in [-0.15, -0.1) is 0 Å². The van der Waals surface area contributed by atoms with Crippen LogP contribution in [0.2, 0.25) is 5.02 Å². The number of nitrogens with zero attached hydrogens (tertiary/aromatic N) is 1. The van der Waals surface area contributed by atoms with E-state index >= 15 is 0 Å². The predicted octanol–water partition coefficient (Wildman–Crippen LogP) is 7.16. The summed E-state index contributed by atoms with van der Waals surface area (Å²) in [5.74, 6) is -0.482. The molecule has 3 aromatic rings. The zero-order valence-corrected chi connectivity index (χ0v) is 41.8. The van der Waals surface area contributed by atoms with Gasteiger partial charge in [-0.25, -0.2) is 0 Å². The van der Waals surface area contributed by atoms with Crippen LogP contribution in [-0.4, -0.2) is 101 Å². The Morgan fingerprint density at radius 1 is 0.838 bits per heavy atom. The first-order chi connectivity index (χ1) is 32.3. The molecule has 3 aliphatic carbocycles. The lowest BCUT2D eigenvalue weighted by atomic mass is 9.49. The summed E-state index contributed by atoms with van der Waals surface area (Å²) in [6, 6.07) is 20.4. The van der Waals surface area contributed by atoms with Gasteiger partial charge in [-0.3, -0.25) is 19.2 Å². The lowest BCUT2D eigenvalue weighted by molar-refractivity contribution is -0.164. The molecule has 368 valence electrons. The highest BCUT2D eigenvalue weighted by Gasteiger charge is 2.64. The Morgan fingerprint density at radius 2 is 1.47 bits per heavy atom. The molecule has 0 spiro atoms. The molecule has 1 unspecified atom stereocenters. The van der Waals surface area contributed by atoms with Crippen LogP contribution >= 0.6 is 11.6 Å². The maximum atomic E-state index is 14.1. The van der Waals surface area contributed by atoms with Crippen molar-refractivity contribution in [2.45, 2.75) is 117 Å². The third-order valence-electron chi connectivity index (χ3n) is 13.9. The number of hydrogen-bond acceptors (Lipinski definition) is 11. The molecule has 0 aliphatic heterocycles. The van der Waals surface area contributed by atoms with Crippen LogP contribution in [0.5, 0.6) is 11.5 Å². The smallest absolute Gasteiger partial charge is 0.251 e. The van der Waals surface area contributed by atoms with Crippen LogP contribution in [0.1, 0.15) is 108 Å². The highest BCUT2D eigenvalue weighted by atomic mass is 35.5. The van der Waals surface area contributed by atoms with E-state index in [-0.39, 0.29) is 58.6 Å². The standard InChI is InChI=1S/C53H70ClN5O9/c1-32(56-9)46(61)58-45(51(2,3)4)44(60)39-15-12-16-40(39)48(63)57-43-38-14-11-10-13-34(38)29-42(43)67-28-26-65-24-23-64-25-27-66-36-20-17-33(18-21-36)47(62)59-49-52(5,6)50(53(49,7)8)68-37-22-19-35(31-55)41(54)30-37/h10-11,13-14,17-22,30,32,39-40,42-43,45,49-50,56H,12,15-16,23-29H2,1-9H3,(H,57,63)(H,58,61)(H,59,62)/t32-,39?,40+,42+,43-,45+,49?,50?/m0/s1. The van der Waals surface area contributed by atoms with Gasteiger partial charge in [-0.2, -0.15) is 5.26 Å². The second kappa shape index (κ2) is 22.6. The number of hydrogen-bond donors (Lipinski definition) is 4. The first-order valence-corrected chi connectivity index (χ1v) is 24.2. The van der Waals surface area contributed by atoms with E-state index in [9.17, 15) is 24.4 Å². The topological polar surface area (TPSA) is 186 Å². The Labute approximate surface area is 406 Å². The molecule has 3 amide bonds. The van der Waals surface area contributed by atoms with Crippen molar-refractivity contribution in [2.24, 2.45) is 28.1 Å². The molecule has 14 nitrogen and oxygen atoms in total. The normalized spacial score (nSPS) is 23.2. The van der Waals surface area contributed by atoms with Crippen molar-refractivity contribution in [3.8, 4) is 17.6 Å². The molecule has 4 N–H and O–H groups in total. The molecule has 15 heteroatoms. The van der Waals surface area contributed by atoms with Crippen LogP contribution in [0.15, 0.2) is 66.7 Å². The summed E-state index contributed by atoms with van der Waals surface area (Å²) in [6.07, 6.45) is 2.10. The fourth-order valence-corrected chi connectivity index (χ4v) is 10.6.